The van der Waals surface area contributed by atoms with Crippen molar-refractivity contribution in [3.63, 3.8) is 0 Å². The molecular formula is C20H31N3O4S. The second kappa shape index (κ2) is 9.24. The van der Waals surface area contributed by atoms with Crippen molar-refractivity contribution >= 4 is 15.9 Å². The van der Waals surface area contributed by atoms with E-state index in [4.69, 9.17) is 4.74 Å². The number of likely N-dealkylation sites (N-methyl/N-ethyl adjacent to an activating group) is 1. The van der Waals surface area contributed by atoms with Crippen molar-refractivity contribution in [3.05, 3.63) is 23.8 Å². The van der Waals surface area contributed by atoms with Crippen molar-refractivity contribution in [3.8, 4) is 5.75 Å². The zero-order chi connectivity index (χ0) is 20.1. The number of rotatable bonds is 6. The Kier molecular flexibility index (Phi) is 6.95. The molecule has 1 N–H and O–H groups in total. The van der Waals surface area contributed by atoms with Gasteiger partial charge in [-0.25, -0.2) is 8.42 Å². The summed E-state index contributed by atoms with van der Waals surface area (Å²) in [5.41, 5.74) is 0.279. The highest BCUT2D eigenvalue weighted by Crippen LogP contribution is 2.26. The molecule has 3 rings (SSSR count). The SMILES string of the molecule is CCN1CCN(S(=O)(=O)c2ccc(OC)c(C(=O)NC3CCCCC3)c2)CC1. The fraction of sp³-hybridized carbons (Fsp3) is 0.650. The average Bonchev–Trinajstić information content (AvgIpc) is 2.74. The number of benzene rings is 1. The molecule has 7 nitrogen and oxygen atoms in total. The number of nitrogens with one attached hydrogen (secondary N) is 1. The fourth-order valence-electron chi connectivity index (χ4n) is 3.97. The van der Waals surface area contributed by atoms with E-state index in [1.54, 1.807) is 6.07 Å². The van der Waals surface area contributed by atoms with Crippen molar-refractivity contribution in [2.24, 2.45) is 0 Å². The highest BCUT2D eigenvalue weighted by molar-refractivity contribution is 7.89. The molecule has 0 atom stereocenters. The maximum atomic E-state index is 13.1. The van der Waals surface area contributed by atoms with Crippen LogP contribution in [0, 0.1) is 0 Å². The Balaban J connectivity index is 1.80. The molecule has 1 aliphatic carbocycles. The number of sulfonamides is 1. The van der Waals surface area contributed by atoms with Gasteiger partial charge in [-0.15, -0.1) is 0 Å². The van der Waals surface area contributed by atoms with E-state index in [1.807, 2.05) is 0 Å². The second-order valence-corrected chi connectivity index (χ2v) is 9.45. The van der Waals surface area contributed by atoms with Crippen molar-refractivity contribution < 1.29 is 17.9 Å². The first-order valence-corrected chi connectivity index (χ1v) is 11.6. The summed E-state index contributed by atoms with van der Waals surface area (Å²) in [6, 6.07) is 4.70. The molecule has 1 aliphatic heterocycles. The number of nitrogens with zero attached hydrogens (tertiary/aromatic N) is 2. The third kappa shape index (κ3) is 4.67. The standard InChI is InChI=1S/C20H31N3O4S/c1-3-22-11-13-23(14-12-22)28(25,26)17-9-10-19(27-2)18(15-17)20(24)21-16-7-5-4-6-8-16/h9-10,15-16H,3-8,11-14H2,1-2H3,(H,21,24). The zero-order valence-corrected chi connectivity index (χ0v) is 17.6. The lowest BCUT2D eigenvalue weighted by molar-refractivity contribution is 0.0924. The molecule has 1 amide bonds. The normalized spacial score (nSPS) is 20.1. The Morgan fingerprint density at radius 2 is 1.82 bits per heavy atom. The molecule has 1 saturated heterocycles. The van der Waals surface area contributed by atoms with Crippen LogP contribution < -0.4 is 10.1 Å². The molecule has 8 heteroatoms. The minimum absolute atomic E-state index is 0.145. The first-order chi connectivity index (χ1) is 13.5. The van der Waals surface area contributed by atoms with Gasteiger partial charge < -0.3 is 15.0 Å². The van der Waals surface area contributed by atoms with Crippen LogP contribution in [0.3, 0.4) is 0 Å². The van der Waals surface area contributed by atoms with Gasteiger partial charge in [-0.05, 0) is 37.6 Å². The Labute approximate surface area is 168 Å². The van der Waals surface area contributed by atoms with Gasteiger partial charge in [0.1, 0.15) is 5.75 Å². The molecule has 0 bridgehead atoms. The molecule has 1 saturated carbocycles. The predicted molar refractivity (Wildman–Crippen MR) is 108 cm³/mol. The molecule has 0 unspecified atom stereocenters. The van der Waals surface area contributed by atoms with Crippen molar-refractivity contribution in [1.82, 2.24) is 14.5 Å². The van der Waals surface area contributed by atoms with Crippen molar-refractivity contribution in [2.75, 3.05) is 39.8 Å². The summed E-state index contributed by atoms with van der Waals surface area (Å²) in [6.07, 6.45) is 5.36. The third-order valence-corrected chi connectivity index (χ3v) is 7.67. The summed E-state index contributed by atoms with van der Waals surface area (Å²) in [6.45, 7) is 5.37. The molecular weight excluding hydrogens is 378 g/mol. The highest BCUT2D eigenvalue weighted by atomic mass is 32.2. The van der Waals surface area contributed by atoms with Crippen LogP contribution in [0.25, 0.3) is 0 Å². The topological polar surface area (TPSA) is 79.0 Å². The second-order valence-electron chi connectivity index (χ2n) is 7.51. The van der Waals surface area contributed by atoms with Crippen LogP contribution in [0.1, 0.15) is 49.4 Å². The van der Waals surface area contributed by atoms with E-state index in [-0.39, 0.29) is 22.4 Å². The summed E-state index contributed by atoms with van der Waals surface area (Å²) in [5.74, 6) is 0.125. The average molecular weight is 410 g/mol. The van der Waals surface area contributed by atoms with Gasteiger partial charge in [-0.2, -0.15) is 4.31 Å². The van der Waals surface area contributed by atoms with Gasteiger partial charge in [0.25, 0.3) is 5.91 Å². The molecule has 0 radical (unpaired) electrons. The van der Waals surface area contributed by atoms with Crippen LogP contribution >= 0.6 is 0 Å². The van der Waals surface area contributed by atoms with Crippen LogP contribution in [0.4, 0.5) is 0 Å². The van der Waals surface area contributed by atoms with Crippen LogP contribution in [-0.4, -0.2) is 69.4 Å². The lowest BCUT2D eigenvalue weighted by Crippen LogP contribution is -2.48. The first kappa shape index (κ1) is 21.1. The molecule has 2 fully saturated rings. The predicted octanol–water partition coefficient (Wildman–Crippen LogP) is 2.08. The van der Waals surface area contributed by atoms with E-state index in [1.165, 1.54) is 30.0 Å². The van der Waals surface area contributed by atoms with Crippen LogP contribution in [0.2, 0.25) is 0 Å². The Morgan fingerprint density at radius 1 is 1.14 bits per heavy atom. The smallest absolute Gasteiger partial charge is 0.255 e. The summed E-state index contributed by atoms with van der Waals surface area (Å²) in [5, 5.41) is 3.05. The van der Waals surface area contributed by atoms with E-state index in [0.717, 1.165) is 45.3 Å². The van der Waals surface area contributed by atoms with Crippen molar-refractivity contribution in [2.45, 2.75) is 50.0 Å². The van der Waals surface area contributed by atoms with Crippen molar-refractivity contribution in [1.29, 1.82) is 0 Å². The minimum Gasteiger partial charge on any atom is -0.496 e. The first-order valence-electron chi connectivity index (χ1n) is 10.2. The van der Waals surface area contributed by atoms with E-state index in [2.05, 4.69) is 17.1 Å². The third-order valence-electron chi connectivity index (χ3n) is 5.77. The van der Waals surface area contributed by atoms with Gasteiger partial charge in [-0.1, -0.05) is 26.2 Å². The number of hydrogen-bond donors (Lipinski definition) is 1. The van der Waals surface area contributed by atoms with Crippen LogP contribution in [0.15, 0.2) is 23.1 Å². The number of carbonyl (C=O) groups excluding carboxylic acids is 1. The maximum Gasteiger partial charge on any atom is 0.255 e. The number of amides is 1. The largest absolute Gasteiger partial charge is 0.496 e. The van der Waals surface area contributed by atoms with E-state index < -0.39 is 10.0 Å². The molecule has 1 aromatic carbocycles. The number of carbonyl (C=O) groups is 1. The van der Waals surface area contributed by atoms with Gasteiger partial charge in [0, 0.05) is 32.2 Å². The molecule has 0 spiro atoms. The summed E-state index contributed by atoms with van der Waals surface area (Å²) >= 11 is 0. The number of hydrogen-bond acceptors (Lipinski definition) is 5. The lowest BCUT2D eigenvalue weighted by Gasteiger charge is -2.33. The summed E-state index contributed by atoms with van der Waals surface area (Å²) < 4.78 is 33.0. The summed E-state index contributed by atoms with van der Waals surface area (Å²) in [7, 11) is -2.15. The minimum atomic E-state index is -3.64. The maximum absolute atomic E-state index is 13.1. The van der Waals surface area contributed by atoms with Gasteiger partial charge >= 0.3 is 0 Å². The van der Waals surface area contributed by atoms with Gasteiger partial charge in [0.15, 0.2) is 0 Å². The number of piperazine rings is 1. The molecule has 28 heavy (non-hydrogen) atoms. The molecule has 2 aliphatic rings. The zero-order valence-electron chi connectivity index (χ0n) is 16.8. The highest BCUT2D eigenvalue weighted by Gasteiger charge is 2.29. The Hall–Kier alpha value is -1.64. The fourth-order valence-corrected chi connectivity index (χ4v) is 5.42. The molecule has 1 aromatic rings. The molecule has 1 heterocycles. The Bertz CT molecular complexity index is 783. The summed E-state index contributed by atoms with van der Waals surface area (Å²) in [4.78, 5) is 15.2. The monoisotopic (exact) mass is 409 g/mol. The quantitative estimate of drug-likeness (QED) is 0.778. The molecule has 0 aromatic heterocycles. The van der Waals surface area contributed by atoms with Crippen LogP contribution in [0.5, 0.6) is 5.75 Å². The lowest BCUT2D eigenvalue weighted by atomic mass is 9.95. The molecule has 156 valence electrons. The van der Waals surface area contributed by atoms with Gasteiger partial charge in [0.2, 0.25) is 10.0 Å². The van der Waals surface area contributed by atoms with Crippen LogP contribution in [-0.2, 0) is 10.0 Å². The van der Waals surface area contributed by atoms with E-state index >= 15 is 0 Å². The number of methoxy groups -OCH3 is 1. The van der Waals surface area contributed by atoms with E-state index in [0.29, 0.717) is 18.8 Å². The number of ether oxygens (including phenoxy) is 1. The van der Waals surface area contributed by atoms with Gasteiger partial charge in [0.05, 0.1) is 17.6 Å². The van der Waals surface area contributed by atoms with Gasteiger partial charge in [-0.3, -0.25) is 4.79 Å². The van der Waals surface area contributed by atoms with E-state index in [9.17, 15) is 13.2 Å². The Morgan fingerprint density at radius 3 is 2.43 bits per heavy atom.